The van der Waals surface area contributed by atoms with Gasteiger partial charge in [0.2, 0.25) is 0 Å². The fourth-order valence-electron chi connectivity index (χ4n) is 1.70. The summed E-state index contributed by atoms with van der Waals surface area (Å²) in [5.41, 5.74) is 8.47. The van der Waals surface area contributed by atoms with Crippen molar-refractivity contribution in [3.05, 3.63) is 47.4 Å². The van der Waals surface area contributed by atoms with Gasteiger partial charge in [-0.15, -0.1) is 0 Å². The van der Waals surface area contributed by atoms with Crippen molar-refractivity contribution in [3.8, 4) is 0 Å². The van der Waals surface area contributed by atoms with Gasteiger partial charge >= 0.3 is 0 Å². The molecule has 0 fully saturated rings. The van der Waals surface area contributed by atoms with Crippen LogP contribution in [0.15, 0.2) is 30.5 Å². The van der Waals surface area contributed by atoms with E-state index in [1.807, 2.05) is 6.07 Å². The molecule has 0 amide bonds. The van der Waals surface area contributed by atoms with Gasteiger partial charge < -0.3 is 11.1 Å². The lowest BCUT2D eigenvalue weighted by Gasteiger charge is -2.10. The van der Waals surface area contributed by atoms with Gasteiger partial charge in [-0.25, -0.2) is 9.37 Å². The van der Waals surface area contributed by atoms with Gasteiger partial charge in [0, 0.05) is 11.9 Å². The van der Waals surface area contributed by atoms with Crippen molar-refractivity contribution in [2.24, 2.45) is 0 Å². The van der Waals surface area contributed by atoms with E-state index in [9.17, 15) is 4.39 Å². The van der Waals surface area contributed by atoms with Crippen LogP contribution in [-0.4, -0.2) is 4.98 Å². The molecule has 1 aromatic carbocycles. The number of hydrogen-bond donors (Lipinski definition) is 2. The Hall–Kier alpha value is -2.10. The summed E-state index contributed by atoms with van der Waals surface area (Å²) in [6.07, 6.45) is 1.63. The maximum absolute atomic E-state index is 13.5. The van der Waals surface area contributed by atoms with Crippen LogP contribution in [0.5, 0.6) is 0 Å². The van der Waals surface area contributed by atoms with E-state index >= 15 is 0 Å². The largest absolute Gasteiger partial charge is 0.382 e. The Kier molecular flexibility index (Phi) is 2.95. The van der Waals surface area contributed by atoms with E-state index in [1.165, 1.54) is 0 Å². The summed E-state index contributed by atoms with van der Waals surface area (Å²) < 4.78 is 13.5. The lowest BCUT2D eigenvalue weighted by molar-refractivity contribution is 0.609. The topological polar surface area (TPSA) is 50.9 Å². The molecule has 1 aromatic heterocycles. The fourth-order valence-corrected chi connectivity index (χ4v) is 1.70. The van der Waals surface area contributed by atoms with Gasteiger partial charge in [0.15, 0.2) is 0 Å². The predicted molar refractivity (Wildman–Crippen MR) is 67.8 cm³/mol. The summed E-state index contributed by atoms with van der Waals surface area (Å²) in [5.74, 6) is 0.252. The van der Waals surface area contributed by atoms with Crippen LogP contribution in [0.2, 0.25) is 0 Å². The van der Waals surface area contributed by atoms with Crippen molar-refractivity contribution in [2.45, 2.75) is 13.8 Å². The van der Waals surface area contributed by atoms with E-state index in [4.69, 9.17) is 5.73 Å². The van der Waals surface area contributed by atoms with Crippen molar-refractivity contribution in [2.75, 3.05) is 11.1 Å². The van der Waals surface area contributed by atoms with Crippen LogP contribution in [-0.2, 0) is 0 Å². The van der Waals surface area contributed by atoms with Crippen molar-refractivity contribution in [1.29, 1.82) is 0 Å². The molecule has 0 atom stereocenters. The van der Waals surface area contributed by atoms with Gasteiger partial charge in [0.05, 0.1) is 5.69 Å². The minimum absolute atomic E-state index is 0.172. The summed E-state index contributed by atoms with van der Waals surface area (Å²) in [5, 5.41) is 3.13. The molecule has 0 saturated heterocycles. The maximum Gasteiger partial charge on any atom is 0.147 e. The van der Waals surface area contributed by atoms with Crippen LogP contribution in [0.25, 0.3) is 0 Å². The third kappa shape index (κ3) is 2.36. The molecule has 0 bridgehead atoms. The number of pyridine rings is 1. The smallest absolute Gasteiger partial charge is 0.147 e. The minimum atomic E-state index is -0.172. The maximum atomic E-state index is 13.5. The van der Waals surface area contributed by atoms with E-state index in [0.29, 0.717) is 16.9 Å². The Morgan fingerprint density at radius 3 is 2.47 bits per heavy atom. The van der Waals surface area contributed by atoms with E-state index in [-0.39, 0.29) is 5.82 Å². The van der Waals surface area contributed by atoms with E-state index in [2.05, 4.69) is 10.3 Å². The van der Waals surface area contributed by atoms with Gasteiger partial charge in [0.25, 0.3) is 0 Å². The van der Waals surface area contributed by atoms with Crippen LogP contribution in [0.4, 0.5) is 21.6 Å². The molecule has 3 N–H and O–H groups in total. The number of nitrogen functional groups attached to an aromatic ring is 1. The highest BCUT2D eigenvalue weighted by Crippen LogP contribution is 2.24. The molecule has 0 radical (unpaired) electrons. The minimum Gasteiger partial charge on any atom is -0.382 e. The molecule has 17 heavy (non-hydrogen) atoms. The zero-order valence-corrected chi connectivity index (χ0v) is 9.79. The lowest BCUT2D eigenvalue weighted by Crippen LogP contribution is -1.99. The molecular weight excluding hydrogens is 217 g/mol. The average molecular weight is 231 g/mol. The van der Waals surface area contributed by atoms with Crippen molar-refractivity contribution < 1.29 is 4.39 Å². The molecule has 2 aromatic rings. The van der Waals surface area contributed by atoms with E-state index in [1.54, 1.807) is 38.2 Å². The van der Waals surface area contributed by atoms with Gasteiger partial charge in [-0.05, 0) is 49.2 Å². The van der Waals surface area contributed by atoms with Crippen molar-refractivity contribution in [3.63, 3.8) is 0 Å². The summed E-state index contributed by atoms with van der Waals surface area (Å²) in [4.78, 5) is 3.98. The first kappa shape index (κ1) is 11.4. The standard InChI is InChI=1S/C13H14FN3/c1-8-6-10(7-9(2)12(8)14)17-11-4-3-5-16-13(11)15/h3-7,17H,1-2H3,(H2,15,16). The van der Waals surface area contributed by atoms with Crippen LogP contribution >= 0.6 is 0 Å². The first-order valence-corrected chi connectivity index (χ1v) is 5.32. The number of anilines is 3. The Morgan fingerprint density at radius 2 is 1.88 bits per heavy atom. The fraction of sp³-hybridized carbons (Fsp3) is 0.154. The molecule has 0 saturated carbocycles. The first-order chi connectivity index (χ1) is 8.08. The summed E-state index contributed by atoms with van der Waals surface area (Å²) >= 11 is 0. The number of aryl methyl sites for hydroxylation is 2. The molecule has 0 aliphatic carbocycles. The van der Waals surface area contributed by atoms with Gasteiger partial charge in [-0.3, -0.25) is 0 Å². The number of nitrogens with zero attached hydrogens (tertiary/aromatic N) is 1. The number of nitrogens with two attached hydrogens (primary N) is 1. The van der Waals surface area contributed by atoms with E-state index < -0.39 is 0 Å². The Bertz CT molecular complexity index is 529. The molecule has 0 spiro atoms. The number of aromatic nitrogens is 1. The second kappa shape index (κ2) is 4.41. The number of hydrogen-bond acceptors (Lipinski definition) is 3. The molecule has 2 rings (SSSR count). The zero-order chi connectivity index (χ0) is 12.4. The summed E-state index contributed by atoms with van der Waals surface area (Å²) in [6, 6.07) is 7.11. The number of benzene rings is 1. The second-order valence-electron chi connectivity index (χ2n) is 3.99. The molecule has 0 unspecified atom stereocenters. The Balaban J connectivity index is 2.34. The van der Waals surface area contributed by atoms with Gasteiger partial charge in [0.1, 0.15) is 11.6 Å². The molecule has 1 heterocycles. The normalized spacial score (nSPS) is 10.3. The third-order valence-corrected chi connectivity index (χ3v) is 2.55. The second-order valence-corrected chi connectivity index (χ2v) is 3.99. The van der Waals surface area contributed by atoms with Crippen molar-refractivity contribution >= 4 is 17.2 Å². The molecule has 4 heteroatoms. The van der Waals surface area contributed by atoms with Crippen LogP contribution in [0.1, 0.15) is 11.1 Å². The first-order valence-electron chi connectivity index (χ1n) is 5.32. The molecule has 3 nitrogen and oxygen atoms in total. The molecule has 0 aliphatic heterocycles. The van der Waals surface area contributed by atoms with Gasteiger partial charge in [-0.1, -0.05) is 0 Å². The van der Waals surface area contributed by atoms with E-state index in [0.717, 1.165) is 11.4 Å². The third-order valence-electron chi connectivity index (χ3n) is 2.55. The Labute approximate surface area is 99.5 Å². The SMILES string of the molecule is Cc1cc(Nc2cccnc2N)cc(C)c1F. The molecule has 0 aliphatic rings. The summed E-state index contributed by atoms with van der Waals surface area (Å²) in [6.45, 7) is 3.47. The Morgan fingerprint density at radius 1 is 1.24 bits per heavy atom. The average Bonchev–Trinajstić information content (AvgIpc) is 2.29. The molecule has 88 valence electrons. The zero-order valence-electron chi connectivity index (χ0n) is 9.79. The number of nitrogens with one attached hydrogen (secondary N) is 1. The predicted octanol–water partition coefficient (Wildman–Crippen LogP) is 3.16. The summed E-state index contributed by atoms with van der Waals surface area (Å²) in [7, 11) is 0. The lowest BCUT2D eigenvalue weighted by atomic mass is 10.1. The number of rotatable bonds is 2. The van der Waals surface area contributed by atoms with Gasteiger partial charge in [-0.2, -0.15) is 0 Å². The quantitative estimate of drug-likeness (QED) is 0.834. The van der Waals surface area contributed by atoms with Crippen LogP contribution < -0.4 is 11.1 Å². The highest BCUT2D eigenvalue weighted by Gasteiger charge is 2.05. The van der Waals surface area contributed by atoms with Crippen LogP contribution in [0, 0.1) is 19.7 Å². The van der Waals surface area contributed by atoms with Crippen LogP contribution in [0.3, 0.4) is 0 Å². The highest BCUT2D eigenvalue weighted by molar-refractivity contribution is 5.70. The number of halogens is 1. The monoisotopic (exact) mass is 231 g/mol. The van der Waals surface area contributed by atoms with Crippen molar-refractivity contribution in [1.82, 2.24) is 4.98 Å². The molecular formula is C13H14FN3. The highest BCUT2D eigenvalue weighted by atomic mass is 19.1.